The van der Waals surface area contributed by atoms with Gasteiger partial charge in [0.05, 0.1) is 4.47 Å². The first-order valence-corrected chi connectivity index (χ1v) is 6.77. The van der Waals surface area contributed by atoms with Crippen LogP contribution in [0, 0.1) is 0 Å². The third-order valence-electron chi connectivity index (χ3n) is 2.66. The molecule has 9 heteroatoms. The van der Waals surface area contributed by atoms with Crippen molar-refractivity contribution in [1.29, 1.82) is 0 Å². The van der Waals surface area contributed by atoms with Gasteiger partial charge >= 0.3 is 0 Å². The Hall–Kier alpha value is -2.42. The summed E-state index contributed by atoms with van der Waals surface area (Å²) < 4.78 is 16.2. The topological polar surface area (TPSA) is 113 Å². The van der Waals surface area contributed by atoms with E-state index in [4.69, 9.17) is 15.0 Å². The van der Waals surface area contributed by atoms with Crippen molar-refractivity contribution in [3.05, 3.63) is 34.6 Å². The van der Waals surface area contributed by atoms with Crippen molar-refractivity contribution in [3.8, 4) is 17.3 Å². The van der Waals surface area contributed by atoms with Gasteiger partial charge in [0.1, 0.15) is 5.75 Å². The van der Waals surface area contributed by atoms with Gasteiger partial charge in [0, 0.05) is 0 Å². The van der Waals surface area contributed by atoms with Gasteiger partial charge in [-0.1, -0.05) is 17.3 Å². The fourth-order valence-corrected chi connectivity index (χ4v) is 2.01. The van der Waals surface area contributed by atoms with Gasteiger partial charge in [-0.3, -0.25) is 0 Å². The van der Waals surface area contributed by atoms with Crippen molar-refractivity contribution < 1.29 is 13.9 Å². The molecule has 0 fully saturated rings. The Labute approximate surface area is 127 Å². The fourth-order valence-electron chi connectivity index (χ4n) is 1.63. The largest absolute Gasteiger partial charge is 0.480 e. The number of anilines is 1. The molecule has 0 aliphatic carbocycles. The SMILES string of the molecule is C[C@H](Oc1ccccc1Br)c1nc(-c2nonc2N)no1. The number of para-hydroxylation sites is 1. The molecule has 0 unspecified atom stereocenters. The van der Waals surface area contributed by atoms with Crippen LogP contribution in [0.15, 0.2) is 37.9 Å². The van der Waals surface area contributed by atoms with E-state index in [9.17, 15) is 0 Å². The van der Waals surface area contributed by atoms with E-state index in [0.29, 0.717) is 11.6 Å². The molecule has 0 aliphatic heterocycles. The predicted octanol–water partition coefficient (Wildman–Crippen LogP) is 2.60. The molecule has 0 spiro atoms. The molecule has 2 N–H and O–H groups in total. The monoisotopic (exact) mass is 351 g/mol. The highest BCUT2D eigenvalue weighted by Crippen LogP contribution is 2.29. The molecular weight excluding hydrogens is 342 g/mol. The minimum absolute atomic E-state index is 0.0988. The zero-order valence-electron chi connectivity index (χ0n) is 10.9. The van der Waals surface area contributed by atoms with Crippen LogP contribution in [0.1, 0.15) is 18.9 Å². The van der Waals surface area contributed by atoms with E-state index in [1.54, 1.807) is 6.92 Å². The van der Waals surface area contributed by atoms with E-state index in [0.717, 1.165) is 4.47 Å². The van der Waals surface area contributed by atoms with Crippen molar-refractivity contribution in [2.45, 2.75) is 13.0 Å². The highest BCUT2D eigenvalue weighted by atomic mass is 79.9. The van der Waals surface area contributed by atoms with E-state index in [2.05, 4.69) is 41.0 Å². The number of aromatic nitrogens is 4. The van der Waals surface area contributed by atoms with Crippen LogP contribution >= 0.6 is 15.9 Å². The molecule has 0 aliphatic rings. The summed E-state index contributed by atoms with van der Waals surface area (Å²) in [5.41, 5.74) is 5.81. The van der Waals surface area contributed by atoms with Crippen molar-refractivity contribution >= 4 is 21.7 Å². The summed E-state index contributed by atoms with van der Waals surface area (Å²) >= 11 is 3.40. The number of rotatable bonds is 4. The van der Waals surface area contributed by atoms with Crippen molar-refractivity contribution in [1.82, 2.24) is 20.5 Å². The number of hydrogen-bond acceptors (Lipinski definition) is 8. The van der Waals surface area contributed by atoms with E-state index in [1.165, 1.54) is 0 Å². The average Bonchev–Trinajstić information content (AvgIpc) is 3.09. The van der Waals surface area contributed by atoms with Crippen LogP contribution in [-0.4, -0.2) is 20.5 Å². The minimum Gasteiger partial charge on any atom is -0.480 e. The van der Waals surface area contributed by atoms with Crippen LogP contribution in [0.5, 0.6) is 5.75 Å². The Morgan fingerprint density at radius 2 is 2.05 bits per heavy atom. The fraction of sp³-hybridized carbons (Fsp3) is 0.167. The average molecular weight is 352 g/mol. The van der Waals surface area contributed by atoms with Crippen molar-refractivity contribution in [2.24, 2.45) is 0 Å². The number of halogens is 1. The van der Waals surface area contributed by atoms with Crippen molar-refractivity contribution in [3.63, 3.8) is 0 Å². The van der Waals surface area contributed by atoms with Crippen LogP contribution in [0.2, 0.25) is 0 Å². The zero-order valence-corrected chi connectivity index (χ0v) is 12.4. The normalized spacial score (nSPS) is 12.3. The third kappa shape index (κ3) is 2.72. The summed E-state index contributed by atoms with van der Waals surface area (Å²) in [6.07, 6.45) is -0.439. The standard InChI is InChI=1S/C12H10BrN5O3/c1-6(19-8-5-3-2-4-7(8)13)12-15-11(18-20-12)9-10(14)17-21-16-9/h2-6H,1H3,(H2,14,17)/t6-/m0/s1. The maximum absolute atomic E-state index is 5.76. The lowest BCUT2D eigenvalue weighted by Gasteiger charge is -2.11. The molecule has 8 nitrogen and oxygen atoms in total. The lowest BCUT2D eigenvalue weighted by molar-refractivity contribution is 0.174. The molecule has 2 heterocycles. The Morgan fingerprint density at radius 1 is 1.24 bits per heavy atom. The molecule has 1 atom stereocenters. The van der Waals surface area contributed by atoms with Gasteiger partial charge in [-0.2, -0.15) is 4.98 Å². The Balaban J connectivity index is 1.80. The Bertz CT molecular complexity index is 757. The van der Waals surface area contributed by atoms with Crippen LogP contribution in [0.4, 0.5) is 5.82 Å². The van der Waals surface area contributed by atoms with Gasteiger partial charge in [-0.15, -0.1) is 0 Å². The van der Waals surface area contributed by atoms with Crippen LogP contribution in [0.3, 0.4) is 0 Å². The lowest BCUT2D eigenvalue weighted by Crippen LogP contribution is -2.04. The van der Waals surface area contributed by atoms with E-state index >= 15 is 0 Å². The van der Waals surface area contributed by atoms with Gasteiger partial charge in [0.2, 0.25) is 5.82 Å². The van der Waals surface area contributed by atoms with Crippen LogP contribution < -0.4 is 10.5 Å². The molecule has 0 radical (unpaired) electrons. The first-order chi connectivity index (χ1) is 10.1. The minimum atomic E-state index is -0.439. The summed E-state index contributed by atoms with van der Waals surface area (Å²) in [6, 6.07) is 7.47. The first-order valence-electron chi connectivity index (χ1n) is 5.98. The number of benzene rings is 1. The van der Waals surface area contributed by atoms with Crippen molar-refractivity contribution in [2.75, 3.05) is 5.73 Å². The zero-order chi connectivity index (χ0) is 14.8. The molecule has 2 aromatic heterocycles. The molecule has 21 heavy (non-hydrogen) atoms. The highest BCUT2D eigenvalue weighted by Gasteiger charge is 2.21. The van der Waals surface area contributed by atoms with Gasteiger partial charge in [0.25, 0.3) is 5.89 Å². The summed E-state index contributed by atoms with van der Waals surface area (Å²) in [6.45, 7) is 1.79. The maximum Gasteiger partial charge on any atom is 0.267 e. The quantitative estimate of drug-likeness (QED) is 0.762. The van der Waals surface area contributed by atoms with Gasteiger partial charge < -0.3 is 15.0 Å². The number of nitrogens with two attached hydrogens (primary N) is 1. The molecule has 0 amide bonds. The molecular formula is C12H10BrN5O3. The predicted molar refractivity (Wildman–Crippen MR) is 75.2 cm³/mol. The van der Waals surface area contributed by atoms with Gasteiger partial charge in [-0.05, 0) is 45.3 Å². The number of nitrogen functional groups attached to an aromatic ring is 1. The number of ether oxygens (including phenoxy) is 1. The second kappa shape index (κ2) is 5.52. The molecule has 3 rings (SSSR count). The third-order valence-corrected chi connectivity index (χ3v) is 3.31. The molecule has 0 bridgehead atoms. The summed E-state index contributed by atoms with van der Waals surface area (Å²) in [5, 5.41) is 10.9. The second-order valence-electron chi connectivity index (χ2n) is 4.14. The highest BCUT2D eigenvalue weighted by molar-refractivity contribution is 9.10. The van der Waals surface area contributed by atoms with E-state index in [-0.39, 0.29) is 17.3 Å². The van der Waals surface area contributed by atoms with Gasteiger partial charge in [-0.25, -0.2) is 4.63 Å². The molecule has 0 saturated carbocycles. The first kappa shape index (κ1) is 13.6. The smallest absolute Gasteiger partial charge is 0.267 e. The van der Waals surface area contributed by atoms with E-state index in [1.807, 2.05) is 24.3 Å². The Kier molecular flexibility index (Phi) is 3.57. The second-order valence-corrected chi connectivity index (χ2v) is 5.00. The summed E-state index contributed by atoms with van der Waals surface area (Å²) in [5.74, 6) is 1.27. The molecule has 3 aromatic rings. The molecule has 0 saturated heterocycles. The maximum atomic E-state index is 5.76. The number of nitrogens with zero attached hydrogens (tertiary/aromatic N) is 4. The number of hydrogen-bond donors (Lipinski definition) is 1. The van der Waals surface area contributed by atoms with E-state index < -0.39 is 6.10 Å². The van der Waals surface area contributed by atoms with Gasteiger partial charge in [0.15, 0.2) is 17.6 Å². The van der Waals surface area contributed by atoms with Crippen LogP contribution in [0.25, 0.3) is 11.5 Å². The Morgan fingerprint density at radius 3 is 2.76 bits per heavy atom. The summed E-state index contributed by atoms with van der Waals surface area (Å²) in [7, 11) is 0. The molecule has 108 valence electrons. The van der Waals surface area contributed by atoms with Crippen LogP contribution in [-0.2, 0) is 0 Å². The molecule has 1 aromatic carbocycles. The summed E-state index contributed by atoms with van der Waals surface area (Å²) in [4.78, 5) is 4.18. The lowest BCUT2D eigenvalue weighted by atomic mass is 10.3.